The molecule has 6 heteroatoms. The summed E-state index contributed by atoms with van der Waals surface area (Å²) in [6, 6.07) is 7.68. The molecular weight excluding hydrogens is 257 g/mol. The first-order chi connectivity index (χ1) is 8.98. The van der Waals surface area contributed by atoms with Crippen molar-refractivity contribution in [3.8, 4) is 5.75 Å². The minimum Gasteiger partial charge on any atom is -0.406 e. The standard InChI is InChI=1S/C13H13F3N2O/c1-17-7-6-10-3-2-9-8-11(19-13(14,15)16)4-5-12(9)18-10/h2-5,8,17H,6-7H2,1H3. The molecule has 102 valence electrons. The van der Waals surface area contributed by atoms with Crippen molar-refractivity contribution in [2.24, 2.45) is 0 Å². The molecule has 0 saturated carbocycles. The summed E-state index contributed by atoms with van der Waals surface area (Å²) in [6.07, 6.45) is -3.90. The van der Waals surface area contributed by atoms with Crippen molar-refractivity contribution in [1.82, 2.24) is 10.3 Å². The summed E-state index contributed by atoms with van der Waals surface area (Å²) in [4.78, 5) is 4.37. The Morgan fingerprint density at radius 3 is 2.68 bits per heavy atom. The number of pyridine rings is 1. The van der Waals surface area contributed by atoms with Gasteiger partial charge in [-0.2, -0.15) is 0 Å². The second-order valence-corrected chi connectivity index (χ2v) is 4.06. The number of hydrogen-bond acceptors (Lipinski definition) is 3. The number of likely N-dealkylation sites (N-methyl/N-ethyl adjacent to an activating group) is 1. The lowest BCUT2D eigenvalue weighted by Crippen LogP contribution is -2.17. The van der Waals surface area contributed by atoms with Gasteiger partial charge in [-0.25, -0.2) is 0 Å². The van der Waals surface area contributed by atoms with Crippen LogP contribution < -0.4 is 10.1 Å². The van der Waals surface area contributed by atoms with Crippen LogP contribution in [-0.4, -0.2) is 24.9 Å². The van der Waals surface area contributed by atoms with Crippen LogP contribution in [0.1, 0.15) is 5.69 Å². The topological polar surface area (TPSA) is 34.1 Å². The molecule has 19 heavy (non-hydrogen) atoms. The van der Waals surface area contributed by atoms with Crippen molar-refractivity contribution in [1.29, 1.82) is 0 Å². The number of ether oxygens (including phenoxy) is 1. The van der Waals surface area contributed by atoms with Crippen LogP contribution in [0.25, 0.3) is 10.9 Å². The SMILES string of the molecule is CNCCc1ccc2cc(OC(F)(F)F)ccc2n1. The summed E-state index contributed by atoms with van der Waals surface area (Å²) in [5.41, 5.74) is 1.55. The predicted molar refractivity (Wildman–Crippen MR) is 66.1 cm³/mol. The van der Waals surface area contributed by atoms with E-state index in [2.05, 4.69) is 15.0 Å². The van der Waals surface area contributed by atoms with Crippen molar-refractivity contribution in [2.75, 3.05) is 13.6 Å². The van der Waals surface area contributed by atoms with Gasteiger partial charge in [0.25, 0.3) is 0 Å². The summed E-state index contributed by atoms with van der Waals surface area (Å²) >= 11 is 0. The molecule has 1 N–H and O–H groups in total. The first-order valence-electron chi connectivity index (χ1n) is 5.78. The molecular formula is C13H13F3N2O. The zero-order chi connectivity index (χ0) is 13.9. The van der Waals surface area contributed by atoms with Crippen molar-refractivity contribution in [3.05, 3.63) is 36.0 Å². The van der Waals surface area contributed by atoms with Gasteiger partial charge in [0, 0.05) is 24.0 Å². The van der Waals surface area contributed by atoms with E-state index in [4.69, 9.17) is 0 Å². The highest BCUT2D eigenvalue weighted by molar-refractivity contribution is 5.80. The maximum Gasteiger partial charge on any atom is 0.573 e. The van der Waals surface area contributed by atoms with Crippen molar-refractivity contribution in [2.45, 2.75) is 12.8 Å². The van der Waals surface area contributed by atoms with Gasteiger partial charge in [-0.1, -0.05) is 6.07 Å². The third-order valence-corrected chi connectivity index (χ3v) is 2.58. The van der Waals surface area contributed by atoms with Crippen LogP contribution in [0.5, 0.6) is 5.75 Å². The first kappa shape index (κ1) is 13.6. The van der Waals surface area contributed by atoms with Crippen molar-refractivity contribution in [3.63, 3.8) is 0 Å². The number of halogens is 3. The van der Waals surface area contributed by atoms with E-state index in [1.807, 2.05) is 7.05 Å². The predicted octanol–water partition coefficient (Wildman–Crippen LogP) is 2.90. The number of alkyl halides is 3. The monoisotopic (exact) mass is 270 g/mol. The second-order valence-electron chi connectivity index (χ2n) is 4.06. The van der Waals surface area contributed by atoms with Gasteiger partial charge in [0.2, 0.25) is 0 Å². The Bertz CT molecular complexity index is 569. The van der Waals surface area contributed by atoms with Crippen molar-refractivity contribution < 1.29 is 17.9 Å². The lowest BCUT2D eigenvalue weighted by atomic mass is 10.1. The molecule has 0 bridgehead atoms. The summed E-state index contributed by atoms with van der Waals surface area (Å²) < 4.78 is 40.2. The molecule has 0 radical (unpaired) electrons. The summed E-state index contributed by atoms with van der Waals surface area (Å²) in [5.74, 6) is -0.232. The highest BCUT2D eigenvalue weighted by Gasteiger charge is 2.31. The number of fused-ring (bicyclic) bond motifs is 1. The lowest BCUT2D eigenvalue weighted by Gasteiger charge is -2.09. The minimum absolute atomic E-state index is 0.232. The van der Waals surface area contributed by atoms with E-state index in [9.17, 15) is 13.2 Å². The van der Waals surface area contributed by atoms with E-state index in [-0.39, 0.29) is 5.75 Å². The fourth-order valence-corrected chi connectivity index (χ4v) is 1.74. The number of nitrogens with zero attached hydrogens (tertiary/aromatic N) is 1. The number of aromatic nitrogens is 1. The van der Waals surface area contributed by atoms with Gasteiger partial charge >= 0.3 is 6.36 Å². The zero-order valence-corrected chi connectivity index (χ0v) is 10.3. The normalized spacial score (nSPS) is 11.8. The Kier molecular flexibility index (Phi) is 3.90. The molecule has 0 fully saturated rings. The average molecular weight is 270 g/mol. The average Bonchev–Trinajstić information content (AvgIpc) is 2.34. The van der Waals surface area contributed by atoms with Crippen LogP contribution in [-0.2, 0) is 6.42 Å². The largest absolute Gasteiger partial charge is 0.573 e. The van der Waals surface area contributed by atoms with Crippen LogP contribution in [0.2, 0.25) is 0 Å². The maximum absolute atomic E-state index is 12.1. The van der Waals surface area contributed by atoms with Gasteiger partial charge < -0.3 is 10.1 Å². The number of rotatable bonds is 4. The Balaban J connectivity index is 2.25. The Hall–Kier alpha value is -1.82. The highest BCUT2D eigenvalue weighted by Crippen LogP contribution is 2.25. The summed E-state index contributed by atoms with van der Waals surface area (Å²) in [5, 5.41) is 3.63. The van der Waals surface area contributed by atoms with Crippen LogP contribution in [0.3, 0.4) is 0 Å². The number of hydrogen-bond donors (Lipinski definition) is 1. The van der Waals surface area contributed by atoms with Gasteiger partial charge in [-0.15, -0.1) is 13.2 Å². The van der Waals surface area contributed by atoms with E-state index in [1.165, 1.54) is 18.2 Å². The van der Waals surface area contributed by atoms with Gasteiger partial charge in [-0.05, 0) is 31.3 Å². The summed E-state index contributed by atoms with van der Waals surface area (Å²) in [7, 11) is 1.85. The molecule has 0 saturated heterocycles. The zero-order valence-electron chi connectivity index (χ0n) is 10.3. The van der Waals surface area contributed by atoms with Gasteiger partial charge in [0.1, 0.15) is 5.75 Å². The number of benzene rings is 1. The molecule has 0 spiro atoms. The molecule has 3 nitrogen and oxygen atoms in total. The highest BCUT2D eigenvalue weighted by atomic mass is 19.4. The molecule has 1 aromatic carbocycles. The molecule has 2 rings (SSSR count). The van der Waals surface area contributed by atoms with Gasteiger partial charge in [-0.3, -0.25) is 4.98 Å². The van der Waals surface area contributed by atoms with E-state index in [1.54, 1.807) is 12.1 Å². The molecule has 1 heterocycles. The maximum atomic E-state index is 12.1. The third kappa shape index (κ3) is 3.82. The molecule has 0 aliphatic heterocycles. The van der Waals surface area contributed by atoms with Crippen LogP contribution in [0.15, 0.2) is 30.3 Å². The first-order valence-corrected chi connectivity index (χ1v) is 5.78. The Labute approximate surface area is 108 Å². The lowest BCUT2D eigenvalue weighted by molar-refractivity contribution is -0.274. The second kappa shape index (κ2) is 5.44. The van der Waals surface area contributed by atoms with Crippen LogP contribution in [0, 0.1) is 0 Å². The molecule has 1 aromatic heterocycles. The minimum atomic E-state index is -4.67. The van der Waals surface area contributed by atoms with Crippen molar-refractivity contribution >= 4 is 10.9 Å². The van der Waals surface area contributed by atoms with Gasteiger partial charge in [0.05, 0.1) is 5.52 Å². The molecule has 0 atom stereocenters. The van der Waals surface area contributed by atoms with E-state index < -0.39 is 6.36 Å². The fourth-order valence-electron chi connectivity index (χ4n) is 1.74. The molecule has 0 amide bonds. The van der Waals surface area contributed by atoms with Crippen LogP contribution >= 0.6 is 0 Å². The Morgan fingerprint density at radius 1 is 1.21 bits per heavy atom. The Morgan fingerprint density at radius 2 is 2.00 bits per heavy atom. The smallest absolute Gasteiger partial charge is 0.406 e. The quantitative estimate of drug-likeness (QED) is 0.927. The van der Waals surface area contributed by atoms with E-state index >= 15 is 0 Å². The molecule has 0 aliphatic rings. The van der Waals surface area contributed by atoms with E-state index in [0.717, 1.165) is 18.7 Å². The van der Waals surface area contributed by atoms with Gasteiger partial charge in [0.15, 0.2) is 0 Å². The number of nitrogens with one attached hydrogen (secondary N) is 1. The molecule has 0 unspecified atom stereocenters. The van der Waals surface area contributed by atoms with E-state index in [0.29, 0.717) is 10.9 Å². The fraction of sp³-hybridized carbons (Fsp3) is 0.308. The third-order valence-electron chi connectivity index (χ3n) is 2.58. The summed E-state index contributed by atoms with van der Waals surface area (Å²) in [6.45, 7) is 0.799. The molecule has 0 aliphatic carbocycles. The van der Waals surface area contributed by atoms with Crippen LogP contribution in [0.4, 0.5) is 13.2 Å². The molecule has 2 aromatic rings.